The minimum absolute atomic E-state index is 0.0625. The van der Waals surface area contributed by atoms with Crippen molar-refractivity contribution < 1.29 is 0 Å². The van der Waals surface area contributed by atoms with Crippen LogP contribution >= 0.6 is 11.6 Å². The maximum Gasteiger partial charge on any atom is 0.129 e. The van der Waals surface area contributed by atoms with Gasteiger partial charge >= 0.3 is 0 Å². The Morgan fingerprint density at radius 3 is 2.50 bits per heavy atom. The van der Waals surface area contributed by atoms with E-state index in [2.05, 4.69) is 25.9 Å². The van der Waals surface area contributed by atoms with Crippen LogP contribution in [0.15, 0.2) is 24.3 Å². The van der Waals surface area contributed by atoms with Gasteiger partial charge in [0.05, 0.1) is 5.69 Å². The molecule has 0 spiro atoms. The van der Waals surface area contributed by atoms with Crippen molar-refractivity contribution in [2.24, 2.45) is 7.05 Å². The fourth-order valence-corrected chi connectivity index (χ4v) is 2.18. The zero-order valence-corrected chi connectivity index (χ0v) is 11.9. The second kappa shape index (κ2) is 4.32. The highest BCUT2D eigenvalue weighted by Gasteiger charge is 2.25. The first kappa shape index (κ1) is 13.0. The van der Waals surface area contributed by atoms with Crippen LogP contribution in [-0.2, 0) is 12.5 Å². The SMILES string of the molecule is Cn1nc(C(C)(C)C)c(-c2cccc(Cl)c2)c1N. The van der Waals surface area contributed by atoms with Gasteiger partial charge in [0.15, 0.2) is 0 Å². The number of rotatable bonds is 1. The maximum atomic E-state index is 6.14. The molecule has 0 fully saturated rings. The number of nitrogens with two attached hydrogens (primary N) is 1. The van der Waals surface area contributed by atoms with Crippen molar-refractivity contribution in [1.29, 1.82) is 0 Å². The van der Waals surface area contributed by atoms with E-state index in [1.165, 1.54) is 0 Å². The number of nitrogens with zero attached hydrogens (tertiary/aromatic N) is 2. The average Bonchev–Trinajstić information content (AvgIpc) is 2.55. The molecule has 2 aromatic rings. The first-order valence-electron chi connectivity index (χ1n) is 5.89. The third-order valence-electron chi connectivity index (χ3n) is 2.92. The lowest BCUT2D eigenvalue weighted by Gasteiger charge is -2.17. The van der Waals surface area contributed by atoms with E-state index in [9.17, 15) is 0 Å². The number of hydrogen-bond donors (Lipinski definition) is 1. The molecule has 0 bridgehead atoms. The van der Waals surface area contributed by atoms with E-state index in [-0.39, 0.29) is 5.41 Å². The Kier molecular flexibility index (Phi) is 3.11. The Labute approximate surface area is 113 Å². The smallest absolute Gasteiger partial charge is 0.129 e. The molecule has 0 unspecified atom stereocenters. The molecular formula is C14H18ClN3. The van der Waals surface area contributed by atoms with E-state index in [0.717, 1.165) is 16.8 Å². The van der Waals surface area contributed by atoms with Crippen LogP contribution in [-0.4, -0.2) is 9.78 Å². The number of hydrogen-bond acceptors (Lipinski definition) is 2. The van der Waals surface area contributed by atoms with Crippen molar-refractivity contribution in [2.45, 2.75) is 26.2 Å². The van der Waals surface area contributed by atoms with Crippen LogP contribution in [0.4, 0.5) is 5.82 Å². The van der Waals surface area contributed by atoms with Crippen LogP contribution in [0.2, 0.25) is 5.02 Å². The molecule has 1 aromatic heterocycles. The molecule has 0 saturated heterocycles. The molecule has 2 rings (SSSR count). The van der Waals surface area contributed by atoms with Crippen molar-refractivity contribution >= 4 is 17.4 Å². The van der Waals surface area contributed by atoms with E-state index in [1.807, 2.05) is 31.3 Å². The topological polar surface area (TPSA) is 43.8 Å². The molecule has 1 heterocycles. The van der Waals surface area contributed by atoms with Crippen molar-refractivity contribution in [3.63, 3.8) is 0 Å². The van der Waals surface area contributed by atoms with Gasteiger partial charge in [0.1, 0.15) is 5.82 Å². The fraction of sp³-hybridized carbons (Fsp3) is 0.357. The zero-order chi connectivity index (χ0) is 13.5. The summed E-state index contributed by atoms with van der Waals surface area (Å²) in [5, 5.41) is 5.24. The summed E-state index contributed by atoms with van der Waals surface area (Å²) >= 11 is 6.05. The lowest BCUT2D eigenvalue weighted by Crippen LogP contribution is -2.13. The number of nitrogen functional groups attached to an aromatic ring is 1. The molecule has 0 amide bonds. The van der Waals surface area contributed by atoms with Crippen molar-refractivity contribution in [3.05, 3.63) is 35.0 Å². The van der Waals surface area contributed by atoms with E-state index in [0.29, 0.717) is 10.8 Å². The monoisotopic (exact) mass is 263 g/mol. The molecule has 18 heavy (non-hydrogen) atoms. The van der Waals surface area contributed by atoms with Gasteiger partial charge < -0.3 is 5.73 Å². The summed E-state index contributed by atoms with van der Waals surface area (Å²) in [7, 11) is 1.86. The Bertz CT molecular complexity index is 579. The van der Waals surface area contributed by atoms with Gasteiger partial charge in [-0.25, -0.2) is 0 Å². The summed E-state index contributed by atoms with van der Waals surface area (Å²) in [5.41, 5.74) is 9.06. The third kappa shape index (κ3) is 2.23. The van der Waals surface area contributed by atoms with Gasteiger partial charge in [-0.15, -0.1) is 0 Å². The van der Waals surface area contributed by atoms with Crippen LogP contribution in [0.1, 0.15) is 26.5 Å². The number of aryl methyl sites for hydroxylation is 1. The molecule has 96 valence electrons. The molecule has 4 heteroatoms. The largest absolute Gasteiger partial charge is 0.383 e. The second-order valence-corrected chi connectivity index (χ2v) is 5.93. The van der Waals surface area contributed by atoms with Crippen LogP contribution in [0.5, 0.6) is 0 Å². The third-order valence-corrected chi connectivity index (χ3v) is 3.15. The molecule has 0 aliphatic rings. The zero-order valence-electron chi connectivity index (χ0n) is 11.2. The van der Waals surface area contributed by atoms with E-state index < -0.39 is 0 Å². The number of halogens is 1. The summed E-state index contributed by atoms with van der Waals surface area (Å²) in [4.78, 5) is 0. The minimum Gasteiger partial charge on any atom is -0.383 e. The number of anilines is 1. The first-order valence-corrected chi connectivity index (χ1v) is 6.27. The summed E-state index contributed by atoms with van der Waals surface area (Å²) < 4.78 is 1.72. The minimum atomic E-state index is -0.0625. The lowest BCUT2D eigenvalue weighted by molar-refractivity contribution is 0.555. The average molecular weight is 264 g/mol. The highest BCUT2D eigenvalue weighted by atomic mass is 35.5. The van der Waals surface area contributed by atoms with Crippen molar-refractivity contribution in [3.8, 4) is 11.1 Å². The van der Waals surface area contributed by atoms with Crippen LogP contribution < -0.4 is 5.73 Å². The number of benzene rings is 1. The summed E-state index contributed by atoms with van der Waals surface area (Å²) in [6, 6.07) is 7.71. The van der Waals surface area contributed by atoms with E-state index in [1.54, 1.807) is 4.68 Å². The van der Waals surface area contributed by atoms with Gasteiger partial charge in [-0.1, -0.05) is 44.5 Å². The Morgan fingerprint density at radius 1 is 1.28 bits per heavy atom. The Balaban J connectivity index is 2.70. The molecule has 2 N–H and O–H groups in total. The molecule has 3 nitrogen and oxygen atoms in total. The van der Waals surface area contributed by atoms with Gasteiger partial charge in [-0.2, -0.15) is 5.10 Å². The molecule has 0 aliphatic heterocycles. The predicted molar refractivity (Wildman–Crippen MR) is 76.8 cm³/mol. The summed E-state index contributed by atoms with van der Waals surface area (Å²) in [6.07, 6.45) is 0. The van der Waals surface area contributed by atoms with Crippen LogP contribution in [0.3, 0.4) is 0 Å². The Hall–Kier alpha value is -1.48. The first-order chi connectivity index (χ1) is 8.30. The van der Waals surface area contributed by atoms with E-state index in [4.69, 9.17) is 17.3 Å². The molecule has 0 saturated carbocycles. The fourth-order valence-electron chi connectivity index (χ4n) is 1.99. The maximum absolute atomic E-state index is 6.14. The van der Waals surface area contributed by atoms with Crippen molar-refractivity contribution in [1.82, 2.24) is 9.78 Å². The quantitative estimate of drug-likeness (QED) is 0.854. The highest BCUT2D eigenvalue weighted by Crippen LogP contribution is 2.36. The summed E-state index contributed by atoms with van der Waals surface area (Å²) in [5.74, 6) is 0.669. The van der Waals surface area contributed by atoms with Gasteiger partial charge in [0.2, 0.25) is 0 Å². The van der Waals surface area contributed by atoms with E-state index >= 15 is 0 Å². The highest BCUT2D eigenvalue weighted by molar-refractivity contribution is 6.30. The molecule has 0 aliphatic carbocycles. The van der Waals surface area contributed by atoms with Gasteiger partial charge in [0.25, 0.3) is 0 Å². The molecule has 1 aromatic carbocycles. The Morgan fingerprint density at radius 2 is 1.94 bits per heavy atom. The van der Waals surface area contributed by atoms with Gasteiger partial charge in [-0.05, 0) is 17.7 Å². The number of aromatic nitrogens is 2. The lowest BCUT2D eigenvalue weighted by atomic mass is 9.87. The van der Waals surface area contributed by atoms with Crippen LogP contribution in [0, 0.1) is 0 Å². The van der Waals surface area contributed by atoms with Crippen LogP contribution in [0.25, 0.3) is 11.1 Å². The molecule has 0 radical (unpaired) electrons. The normalized spacial score (nSPS) is 11.8. The standard InChI is InChI=1S/C14H18ClN3/c1-14(2,3)12-11(13(16)18(4)17-12)9-6-5-7-10(15)8-9/h5-8H,16H2,1-4H3. The molecular weight excluding hydrogens is 246 g/mol. The second-order valence-electron chi connectivity index (χ2n) is 5.49. The van der Waals surface area contributed by atoms with Gasteiger partial charge in [-0.3, -0.25) is 4.68 Å². The van der Waals surface area contributed by atoms with Crippen molar-refractivity contribution in [2.75, 3.05) is 5.73 Å². The predicted octanol–water partition coefficient (Wildman–Crippen LogP) is 3.62. The molecule has 0 atom stereocenters. The summed E-state index contributed by atoms with van der Waals surface area (Å²) in [6.45, 7) is 6.38. The van der Waals surface area contributed by atoms with Gasteiger partial charge in [0, 0.05) is 23.0 Å².